The van der Waals surface area contributed by atoms with Gasteiger partial charge in [0.25, 0.3) is 0 Å². The molecule has 0 bridgehead atoms. The zero-order valence-corrected chi connectivity index (χ0v) is 13.3. The fraction of sp³-hybridized carbons (Fsp3) is 0.938. The third kappa shape index (κ3) is 4.74. The lowest BCUT2D eigenvalue weighted by molar-refractivity contribution is -0.123. The van der Waals surface area contributed by atoms with E-state index < -0.39 is 0 Å². The summed E-state index contributed by atoms with van der Waals surface area (Å²) >= 11 is 0. The maximum atomic E-state index is 12.2. The molecule has 0 aromatic rings. The van der Waals surface area contributed by atoms with Crippen LogP contribution in [-0.4, -0.2) is 48.6 Å². The Hall–Kier alpha value is -0.610. The number of carbonyl (C=O) groups excluding carboxylic acids is 1. The number of likely N-dealkylation sites (N-methyl/N-ethyl adjacent to an activating group) is 1. The maximum absolute atomic E-state index is 12.2. The van der Waals surface area contributed by atoms with Crippen LogP contribution in [0.2, 0.25) is 0 Å². The third-order valence-corrected chi connectivity index (χ3v) is 4.88. The lowest BCUT2D eigenvalue weighted by atomic mass is 9.95. The first-order valence-corrected chi connectivity index (χ1v) is 8.33. The summed E-state index contributed by atoms with van der Waals surface area (Å²) in [5.41, 5.74) is 0. The SMILES string of the molecule is CC(NCC(C)N(C)C1CC1)C(=O)NC1CCCCC1. The molecule has 0 radical (unpaired) electrons. The summed E-state index contributed by atoms with van der Waals surface area (Å²) in [6.07, 6.45) is 8.81. The fourth-order valence-electron chi connectivity index (χ4n) is 3.00. The summed E-state index contributed by atoms with van der Waals surface area (Å²) in [6, 6.07) is 1.59. The highest BCUT2D eigenvalue weighted by Crippen LogP contribution is 2.26. The minimum absolute atomic E-state index is 0.0908. The van der Waals surface area contributed by atoms with Gasteiger partial charge in [-0.2, -0.15) is 0 Å². The van der Waals surface area contributed by atoms with Gasteiger partial charge in [0.15, 0.2) is 0 Å². The van der Waals surface area contributed by atoms with E-state index in [1.165, 1.54) is 32.1 Å². The molecule has 2 atom stereocenters. The molecule has 2 saturated carbocycles. The van der Waals surface area contributed by atoms with Crippen molar-refractivity contribution in [2.24, 2.45) is 0 Å². The van der Waals surface area contributed by atoms with Crippen LogP contribution in [0.25, 0.3) is 0 Å². The van der Waals surface area contributed by atoms with Gasteiger partial charge in [-0.3, -0.25) is 9.69 Å². The molecule has 2 unspecified atom stereocenters. The van der Waals surface area contributed by atoms with Gasteiger partial charge in [0, 0.05) is 24.7 Å². The first-order chi connectivity index (χ1) is 9.58. The van der Waals surface area contributed by atoms with Gasteiger partial charge >= 0.3 is 0 Å². The molecule has 1 amide bonds. The first-order valence-electron chi connectivity index (χ1n) is 8.33. The van der Waals surface area contributed by atoms with Crippen LogP contribution in [0.5, 0.6) is 0 Å². The van der Waals surface area contributed by atoms with Crippen LogP contribution in [0.1, 0.15) is 58.8 Å². The Morgan fingerprint density at radius 1 is 1.15 bits per heavy atom. The van der Waals surface area contributed by atoms with Gasteiger partial charge in [-0.15, -0.1) is 0 Å². The minimum Gasteiger partial charge on any atom is -0.352 e. The molecular formula is C16H31N3O. The van der Waals surface area contributed by atoms with Crippen LogP contribution in [0, 0.1) is 0 Å². The van der Waals surface area contributed by atoms with Gasteiger partial charge < -0.3 is 10.6 Å². The van der Waals surface area contributed by atoms with Gasteiger partial charge in [-0.25, -0.2) is 0 Å². The van der Waals surface area contributed by atoms with E-state index in [2.05, 4.69) is 29.5 Å². The third-order valence-electron chi connectivity index (χ3n) is 4.88. The van der Waals surface area contributed by atoms with Crippen molar-refractivity contribution in [2.75, 3.05) is 13.6 Å². The van der Waals surface area contributed by atoms with Crippen molar-refractivity contribution in [1.29, 1.82) is 0 Å². The quantitative estimate of drug-likeness (QED) is 0.749. The normalized spacial score (nSPS) is 23.6. The summed E-state index contributed by atoms with van der Waals surface area (Å²) in [5, 5.41) is 6.57. The van der Waals surface area contributed by atoms with E-state index in [1.54, 1.807) is 0 Å². The van der Waals surface area contributed by atoms with Crippen molar-refractivity contribution in [3.05, 3.63) is 0 Å². The molecule has 0 saturated heterocycles. The Balaban J connectivity index is 1.64. The topological polar surface area (TPSA) is 44.4 Å². The van der Waals surface area contributed by atoms with E-state index in [-0.39, 0.29) is 11.9 Å². The summed E-state index contributed by atoms with van der Waals surface area (Å²) in [6.45, 7) is 5.09. The number of nitrogens with one attached hydrogen (secondary N) is 2. The standard InChI is InChI=1S/C16H31N3O/c1-12(19(3)15-9-10-15)11-17-13(2)16(20)18-14-7-5-4-6-8-14/h12-15,17H,4-11H2,1-3H3,(H,18,20). The number of rotatable bonds is 7. The summed E-state index contributed by atoms with van der Waals surface area (Å²) in [5.74, 6) is 0.165. The van der Waals surface area contributed by atoms with Gasteiger partial charge in [0.05, 0.1) is 6.04 Å². The molecule has 2 aliphatic carbocycles. The van der Waals surface area contributed by atoms with Crippen LogP contribution in [0.3, 0.4) is 0 Å². The number of amides is 1. The van der Waals surface area contributed by atoms with Crippen molar-refractivity contribution in [3.8, 4) is 0 Å². The molecule has 0 aliphatic heterocycles. The predicted molar refractivity (Wildman–Crippen MR) is 82.7 cm³/mol. The highest BCUT2D eigenvalue weighted by Gasteiger charge is 2.29. The van der Waals surface area contributed by atoms with Gasteiger partial charge in [-0.05, 0) is 46.6 Å². The Labute approximate surface area is 123 Å². The number of hydrogen-bond acceptors (Lipinski definition) is 3. The van der Waals surface area contributed by atoms with Crippen molar-refractivity contribution < 1.29 is 4.79 Å². The molecule has 116 valence electrons. The zero-order chi connectivity index (χ0) is 14.5. The molecule has 0 heterocycles. The van der Waals surface area contributed by atoms with Crippen LogP contribution in [0.15, 0.2) is 0 Å². The van der Waals surface area contributed by atoms with Crippen molar-refractivity contribution in [2.45, 2.75) is 83.0 Å². The maximum Gasteiger partial charge on any atom is 0.237 e. The van der Waals surface area contributed by atoms with Crippen molar-refractivity contribution in [3.63, 3.8) is 0 Å². The van der Waals surface area contributed by atoms with Gasteiger partial charge in [0.2, 0.25) is 5.91 Å². The Kier molecular flexibility index (Phi) is 5.85. The monoisotopic (exact) mass is 281 g/mol. The molecule has 20 heavy (non-hydrogen) atoms. The number of nitrogens with zero attached hydrogens (tertiary/aromatic N) is 1. The molecule has 0 aromatic heterocycles. The van der Waals surface area contributed by atoms with Crippen molar-refractivity contribution >= 4 is 5.91 Å². The van der Waals surface area contributed by atoms with Crippen LogP contribution < -0.4 is 10.6 Å². The van der Waals surface area contributed by atoms with Gasteiger partial charge in [-0.1, -0.05) is 19.3 Å². The van der Waals surface area contributed by atoms with E-state index in [4.69, 9.17) is 0 Å². The second-order valence-electron chi connectivity index (χ2n) is 6.72. The molecule has 4 nitrogen and oxygen atoms in total. The van der Waals surface area contributed by atoms with Crippen LogP contribution >= 0.6 is 0 Å². The summed E-state index contributed by atoms with van der Waals surface area (Å²) in [7, 11) is 2.19. The average Bonchev–Trinajstić information content (AvgIpc) is 3.29. The second-order valence-corrected chi connectivity index (χ2v) is 6.72. The van der Waals surface area contributed by atoms with Gasteiger partial charge in [0.1, 0.15) is 0 Å². The lowest BCUT2D eigenvalue weighted by Gasteiger charge is -2.27. The Bertz CT molecular complexity index is 311. The van der Waals surface area contributed by atoms with E-state index in [0.717, 1.165) is 25.4 Å². The Morgan fingerprint density at radius 2 is 1.80 bits per heavy atom. The van der Waals surface area contributed by atoms with Crippen molar-refractivity contribution in [1.82, 2.24) is 15.5 Å². The largest absolute Gasteiger partial charge is 0.352 e. The molecule has 2 rings (SSSR count). The minimum atomic E-state index is -0.0908. The molecule has 0 spiro atoms. The smallest absolute Gasteiger partial charge is 0.237 e. The molecule has 4 heteroatoms. The first kappa shape index (κ1) is 15.8. The molecule has 0 aromatic carbocycles. The summed E-state index contributed by atoms with van der Waals surface area (Å²) in [4.78, 5) is 14.6. The second kappa shape index (κ2) is 7.41. The molecule has 2 aliphatic rings. The number of carbonyl (C=O) groups is 1. The molecule has 2 fully saturated rings. The average molecular weight is 281 g/mol. The van der Waals surface area contributed by atoms with E-state index in [0.29, 0.717) is 12.1 Å². The predicted octanol–water partition coefficient (Wildman–Crippen LogP) is 1.90. The van der Waals surface area contributed by atoms with E-state index >= 15 is 0 Å². The zero-order valence-electron chi connectivity index (χ0n) is 13.3. The highest BCUT2D eigenvalue weighted by atomic mass is 16.2. The Morgan fingerprint density at radius 3 is 2.40 bits per heavy atom. The number of hydrogen-bond donors (Lipinski definition) is 2. The molecular weight excluding hydrogens is 250 g/mol. The van der Waals surface area contributed by atoms with E-state index in [9.17, 15) is 4.79 Å². The van der Waals surface area contributed by atoms with Crippen LogP contribution in [-0.2, 0) is 4.79 Å². The van der Waals surface area contributed by atoms with Crippen LogP contribution in [0.4, 0.5) is 0 Å². The lowest BCUT2D eigenvalue weighted by Crippen LogP contribution is -2.50. The highest BCUT2D eigenvalue weighted by molar-refractivity contribution is 5.81. The fourth-order valence-corrected chi connectivity index (χ4v) is 3.00. The summed E-state index contributed by atoms with van der Waals surface area (Å²) < 4.78 is 0. The van der Waals surface area contributed by atoms with E-state index in [1.807, 2.05) is 6.92 Å². The molecule has 2 N–H and O–H groups in total.